The van der Waals surface area contributed by atoms with Crippen molar-refractivity contribution in [2.75, 3.05) is 70.9 Å². The van der Waals surface area contributed by atoms with E-state index in [1.54, 1.807) is 19.2 Å². The molecule has 0 saturated carbocycles. The molecule has 190 valence electrons. The molecule has 2 saturated heterocycles. The molecular formula is C26H33F3N4O2. The third-order valence-electron chi connectivity index (χ3n) is 6.80. The third kappa shape index (κ3) is 6.89. The van der Waals surface area contributed by atoms with Crippen LogP contribution in [0.1, 0.15) is 17.5 Å². The summed E-state index contributed by atoms with van der Waals surface area (Å²) in [6, 6.07) is 13.4. The number of alkyl halides is 3. The van der Waals surface area contributed by atoms with Crippen LogP contribution in [-0.2, 0) is 17.5 Å². The summed E-state index contributed by atoms with van der Waals surface area (Å²) in [5, 5.41) is 0. The molecule has 2 aliphatic heterocycles. The molecule has 0 aromatic heterocycles. The van der Waals surface area contributed by atoms with Gasteiger partial charge >= 0.3 is 6.18 Å². The summed E-state index contributed by atoms with van der Waals surface area (Å²) in [5.41, 5.74) is 1.39. The molecule has 1 amide bonds. The van der Waals surface area contributed by atoms with Crippen LogP contribution in [0, 0.1) is 0 Å². The maximum atomic E-state index is 12.9. The first-order chi connectivity index (χ1) is 16.8. The highest BCUT2D eigenvalue weighted by molar-refractivity contribution is 5.78. The number of amides is 1. The van der Waals surface area contributed by atoms with E-state index in [9.17, 15) is 18.0 Å². The van der Waals surface area contributed by atoms with E-state index in [0.717, 1.165) is 74.8 Å². The molecule has 0 atom stereocenters. The zero-order valence-corrected chi connectivity index (χ0v) is 20.1. The van der Waals surface area contributed by atoms with Crippen LogP contribution in [0.3, 0.4) is 0 Å². The molecule has 9 heteroatoms. The van der Waals surface area contributed by atoms with Gasteiger partial charge in [-0.15, -0.1) is 0 Å². The van der Waals surface area contributed by atoms with Gasteiger partial charge in [-0.25, -0.2) is 0 Å². The zero-order chi connectivity index (χ0) is 24.8. The lowest BCUT2D eigenvalue weighted by atomic mass is 10.1. The number of nitrogens with zero attached hydrogens (tertiary/aromatic N) is 4. The van der Waals surface area contributed by atoms with Gasteiger partial charge in [0.1, 0.15) is 5.75 Å². The molecule has 0 spiro atoms. The van der Waals surface area contributed by atoms with Crippen LogP contribution >= 0.6 is 0 Å². The quantitative estimate of drug-likeness (QED) is 0.619. The molecule has 35 heavy (non-hydrogen) atoms. The van der Waals surface area contributed by atoms with Gasteiger partial charge in [-0.1, -0.05) is 12.1 Å². The predicted octanol–water partition coefficient (Wildman–Crippen LogP) is 3.57. The molecule has 4 rings (SSSR count). The fourth-order valence-electron chi connectivity index (χ4n) is 4.70. The van der Waals surface area contributed by atoms with Crippen LogP contribution in [-0.4, -0.2) is 86.6 Å². The molecule has 0 bridgehead atoms. The normalized spacial score (nSPS) is 18.4. The second kappa shape index (κ2) is 11.3. The average molecular weight is 491 g/mol. The summed E-state index contributed by atoms with van der Waals surface area (Å²) >= 11 is 0. The molecule has 0 radical (unpaired) electrons. The van der Waals surface area contributed by atoms with E-state index in [4.69, 9.17) is 4.74 Å². The Bertz CT molecular complexity index is 958. The van der Waals surface area contributed by atoms with E-state index in [0.29, 0.717) is 26.2 Å². The largest absolute Gasteiger partial charge is 0.497 e. The summed E-state index contributed by atoms with van der Waals surface area (Å²) in [6.45, 7) is 7.34. The number of anilines is 1. The number of ether oxygens (including phenoxy) is 1. The highest BCUT2D eigenvalue weighted by atomic mass is 19.4. The van der Waals surface area contributed by atoms with Gasteiger partial charge in [0.05, 0.1) is 19.2 Å². The lowest BCUT2D eigenvalue weighted by molar-refractivity contribution is -0.137. The van der Waals surface area contributed by atoms with E-state index < -0.39 is 11.7 Å². The summed E-state index contributed by atoms with van der Waals surface area (Å²) < 4.78 is 43.6. The Morgan fingerprint density at radius 3 is 2.09 bits per heavy atom. The lowest BCUT2D eigenvalue weighted by Gasteiger charge is -2.37. The minimum atomic E-state index is -4.31. The van der Waals surface area contributed by atoms with Crippen molar-refractivity contribution in [2.24, 2.45) is 0 Å². The summed E-state index contributed by atoms with van der Waals surface area (Å²) in [4.78, 5) is 21.6. The Morgan fingerprint density at radius 2 is 1.46 bits per heavy atom. The minimum Gasteiger partial charge on any atom is -0.497 e. The minimum absolute atomic E-state index is 0.163. The maximum absolute atomic E-state index is 12.9. The summed E-state index contributed by atoms with van der Waals surface area (Å²) in [5.74, 6) is 0.994. The van der Waals surface area contributed by atoms with Crippen molar-refractivity contribution < 1.29 is 22.7 Å². The summed E-state index contributed by atoms with van der Waals surface area (Å²) in [7, 11) is 1.65. The van der Waals surface area contributed by atoms with Gasteiger partial charge in [0.2, 0.25) is 5.91 Å². The van der Waals surface area contributed by atoms with Crippen molar-refractivity contribution >= 4 is 11.6 Å². The number of piperazine rings is 1. The monoisotopic (exact) mass is 490 g/mol. The second-order valence-electron chi connectivity index (χ2n) is 9.17. The van der Waals surface area contributed by atoms with Gasteiger partial charge in [0, 0.05) is 51.5 Å². The fraction of sp³-hybridized carbons (Fsp3) is 0.500. The second-order valence-corrected chi connectivity index (χ2v) is 9.17. The van der Waals surface area contributed by atoms with Crippen molar-refractivity contribution in [2.45, 2.75) is 19.1 Å². The number of carbonyl (C=O) groups excluding carboxylic acids is 1. The van der Waals surface area contributed by atoms with Gasteiger partial charge in [0.25, 0.3) is 0 Å². The molecule has 0 aliphatic carbocycles. The highest BCUT2D eigenvalue weighted by Gasteiger charge is 2.30. The van der Waals surface area contributed by atoms with Crippen molar-refractivity contribution in [3.8, 4) is 5.75 Å². The number of rotatable bonds is 6. The average Bonchev–Trinajstić information content (AvgIpc) is 3.09. The van der Waals surface area contributed by atoms with Crippen LogP contribution in [0.2, 0.25) is 0 Å². The Morgan fingerprint density at radius 1 is 0.829 bits per heavy atom. The van der Waals surface area contributed by atoms with Gasteiger partial charge in [-0.3, -0.25) is 14.6 Å². The van der Waals surface area contributed by atoms with Crippen LogP contribution in [0.4, 0.5) is 18.9 Å². The van der Waals surface area contributed by atoms with Crippen LogP contribution < -0.4 is 9.64 Å². The van der Waals surface area contributed by atoms with Crippen LogP contribution in [0.5, 0.6) is 5.75 Å². The molecule has 2 aromatic carbocycles. The molecule has 0 unspecified atom stereocenters. The molecule has 2 aromatic rings. The third-order valence-corrected chi connectivity index (χ3v) is 6.80. The number of methoxy groups -OCH3 is 1. The predicted molar refractivity (Wildman–Crippen MR) is 130 cm³/mol. The highest BCUT2D eigenvalue weighted by Crippen LogP contribution is 2.29. The van der Waals surface area contributed by atoms with E-state index >= 15 is 0 Å². The van der Waals surface area contributed by atoms with Gasteiger partial charge in [-0.05, 0) is 61.5 Å². The number of hydrogen-bond donors (Lipinski definition) is 0. The zero-order valence-electron chi connectivity index (χ0n) is 20.1. The van der Waals surface area contributed by atoms with Crippen LogP contribution in [0.15, 0.2) is 48.5 Å². The van der Waals surface area contributed by atoms with E-state index in [-0.39, 0.29) is 5.91 Å². The number of hydrogen-bond acceptors (Lipinski definition) is 5. The topological polar surface area (TPSA) is 39.3 Å². The Kier molecular flexibility index (Phi) is 8.18. The lowest BCUT2D eigenvalue weighted by Crippen LogP contribution is -2.51. The first-order valence-electron chi connectivity index (χ1n) is 12.1. The van der Waals surface area contributed by atoms with Crippen molar-refractivity contribution in [3.63, 3.8) is 0 Å². The smallest absolute Gasteiger partial charge is 0.416 e. The number of benzene rings is 2. The maximum Gasteiger partial charge on any atom is 0.416 e. The molecule has 2 fully saturated rings. The first-order valence-corrected chi connectivity index (χ1v) is 12.1. The summed E-state index contributed by atoms with van der Waals surface area (Å²) in [6.07, 6.45) is -3.38. The molecule has 0 N–H and O–H groups in total. The molecule has 2 aliphatic rings. The van der Waals surface area contributed by atoms with E-state index in [1.165, 1.54) is 0 Å². The van der Waals surface area contributed by atoms with Crippen LogP contribution in [0.25, 0.3) is 0 Å². The van der Waals surface area contributed by atoms with Gasteiger partial charge in [0.15, 0.2) is 0 Å². The van der Waals surface area contributed by atoms with E-state index in [1.807, 2.05) is 29.2 Å². The number of halogens is 3. The van der Waals surface area contributed by atoms with Gasteiger partial charge in [-0.2, -0.15) is 13.2 Å². The van der Waals surface area contributed by atoms with Crippen molar-refractivity contribution in [1.82, 2.24) is 14.7 Å². The number of carbonyl (C=O) groups is 1. The Hall–Kier alpha value is -2.78. The van der Waals surface area contributed by atoms with E-state index in [2.05, 4.69) is 14.7 Å². The van der Waals surface area contributed by atoms with Crippen molar-refractivity contribution in [3.05, 3.63) is 59.7 Å². The Balaban J connectivity index is 1.21. The molecule has 2 heterocycles. The standard InChI is InChI=1S/C26H33F3N4O2/c1-35-24-9-7-23(8-10-24)32-15-17-33(18-16-32)25(34)20-31-12-2-11-30(13-14-31)19-21-3-5-22(6-4-21)26(27,28)29/h3-10H,2,11-20H2,1H3. The molecular weight excluding hydrogens is 457 g/mol. The SMILES string of the molecule is COc1ccc(N2CCN(C(=O)CN3CCCN(Cc4ccc(C(F)(F)F)cc4)CC3)CC2)cc1. The molecule has 6 nitrogen and oxygen atoms in total. The van der Waals surface area contributed by atoms with Crippen molar-refractivity contribution in [1.29, 1.82) is 0 Å². The first kappa shape index (κ1) is 25.3. The fourth-order valence-corrected chi connectivity index (χ4v) is 4.70. The Labute approximate surface area is 204 Å². The van der Waals surface area contributed by atoms with Gasteiger partial charge < -0.3 is 14.5 Å².